The lowest BCUT2D eigenvalue weighted by Crippen LogP contribution is -2.69. The first-order chi connectivity index (χ1) is 17.5. The van der Waals surface area contributed by atoms with E-state index in [1.54, 1.807) is 0 Å². The van der Waals surface area contributed by atoms with Crippen molar-refractivity contribution >= 4 is 12.1 Å². The summed E-state index contributed by atoms with van der Waals surface area (Å²) in [7, 11) is 0. The van der Waals surface area contributed by atoms with Gasteiger partial charge in [-0.3, -0.25) is 4.79 Å². The van der Waals surface area contributed by atoms with Gasteiger partial charge in [-0.25, -0.2) is 4.79 Å². The number of rotatable bonds is 3. The van der Waals surface area contributed by atoms with Crippen LogP contribution in [0.3, 0.4) is 0 Å². The van der Waals surface area contributed by atoms with Crippen molar-refractivity contribution in [2.24, 2.45) is 17.8 Å². The normalized spacial score (nSPS) is 40.2. The predicted molar refractivity (Wildman–Crippen MR) is 133 cm³/mol. The fourth-order valence-corrected chi connectivity index (χ4v) is 7.99. The van der Waals surface area contributed by atoms with Crippen LogP contribution in [0.4, 0.5) is 4.79 Å². The molecule has 7 rings (SSSR count). The Balaban J connectivity index is 1.16. The number of hydrogen-bond acceptors (Lipinski definition) is 7. The molecule has 1 N–H and O–H groups in total. The predicted octanol–water partition coefficient (Wildman–Crippen LogP) is 5.74. The number of carbonyl (C=O) groups is 2. The standard InChI is InChI=1S/C29H39NO7/c1-18(31)33-24-9-7-20(8-10-24)21-6-5-11-28(15-21)35-29(37-36-28)22-12-19-13-23(29)17-27(14-19,16-22)30-25(32)34-26(2,3)4/h7-10,19,21-23H,5-6,11-17H2,1-4H3,(H,30,32)/t19?,21-,22-,23+,27?,28-,29+/m1/s1. The van der Waals surface area contributed by atoms with Crippen LogP contribution in [0.2, 0.25) is 0 Å². The molecule has 6 fully saturated rings. The Hall–Kier alpha value is -2.16. The summed E-state index contributed by atoms with van der Waals surface area (Å²) in [5.74, 6) is -0.0749. The SMILES string of the molecule is CC(=O)Oc1ccc([C@@H]2CCC[C@]3(C2)OO[C@@]2(O3)[C@@H]3CC4C[C@H]2CC(NC(=O)OC(C)(C)C)(C4)C3)cc1. The Bertz CT molecular complexity index is 1050. The zero-order chi connectivity index (χ0) is 26.1. The van der Waals surface area contributed by atoms with Gasteiger partial charge in [0, 0.05) is 37.1 Å². The smallest absolute Gasteiger partial charge is 0.408 e. The first-order valence-corrected chi connectivity index (χ1v) is 13.8. The lowest BCUT2D eigenvalue weighted by molar-refractivity contribution is -0.391. The summed E-state index contributed by atoms with van der Waals surface area (Å²) >= 11 is 0. The minimum absolute atomic E-state index is 0.177. The Kier molecular flexibility index (Phi) is 5.90. The molecule has 1 aromatic rings. The zero-order valence-electron chi connectivity index (χ0n) is 22.3. The maximum atomic E-state index is 12.7. The summed E-state index contributed by atoms with van der Waals surface area (Å²) in [4.78, 5) is 36.4. The average molecular weight is 514 g/mol. The lowest BCUT2D eigenvalue weighted by Gasteiger charge is -2.62. The molecule has 1 heterocycles. The van der Waals surface area contributed by atoms with Crippen LogP contribution in [0.5, 0.6) is 5.75 Å². The number of carbonyl (C=O) groups excluding carboxylic acids is 2. The van der Waals surface area contributed by atoms with Gasteiger partial charge in [-0.15, -0.1) is 0 Å². The highest BCUT2D eigenvalue weighted by molar-refractivity contribution is 5.69. The maximum Gasteiger partial charge on any atom is 0.408 e. The van der Waals surface area contributed by atoms with Gasteiger partial charge in [0.25, 0.3) is 0 Å². The number of amides is 1. The first kappa shape index (κ1) is 25.1. The molecule has 37 heavy (non-hydrogen) atoms. The molecule has 8 heteroatoms. The summed E-state index contributed by atoms with van der Waals surface area (Å²) in [6.45, 7) is 7.08. The van der Waals surface area contributed by atoms with Crippen LogP contribution in [0.15, 0.2) is 24.3 Å². The van der Waals surface area contributed by atoms with Crippen LogP contribution in [0.25, 0.3) is 0 Å². The third-order valence-corrected chi connectivity index (χ3v) is 9.04. The van der Waals surface area contributed by atoms with Crippen molar-refractivity contribution in [3.63, 3.8) is 0 Å². The molecule has 2 spiro atoms. The molecule has 1 saturated heterocycles. The molecular weight excluding hydrogens is 474 g/mol. The van der Waals surface area contributed by atoms with Crippen LogP contribution in [-0.2, 0) is 24.0 Å². The van der Waals surface area contributed by atoms with Crippen molar-refractivity contribution in [3.05, 3.63) is 29.8 Å². The van der Waals surface area contributed by atoms with E-state index in [2.05, 4.69) is 5.32 Å². The fourth-order valence-electron chi connectivity index (χ4n) is 7.99. The molecule has 4 bridgehead atoms. The Morgan fingerprint density at radius 2 is 1.70 bits per heavy atom. The van der Waals surface area contributed by atoms with E-state index in [0.717, 1.165) is 57.8 Å². The number of benzene rings is 1. The van der Waals surface area contributed by atoms with Crippen molar-refractivity contribution in [2.75, 3.05) is 0 Å². The summed E-state index contributed by atoms with van der Waals surface area (Å²) in [5.41, 5.74) is 0.406. The molecule has 1 aromatic carbocycles. The molecule has 202 valence electrons. The second-order valence-electron chi connectivity index (χ2n) is 13.1. The molecule has 8 nitrogen and oxygen atoms in total. The van der Waals surface area contributed by atoms with Gasteiger partial charge in [0.1, 0.15) is 11.4 Å². The Morgan fingerprint density at radius 1 is 1.00 bits per heavy atom. The van der Waals surface area contributed by atoms with Crippen molar-refractivity contribution in [3.8, 4) is 5.75 Å². The second-order valence-corrected chi connectivity index (χ2v) is 13.1. The molecule has 0 radical (unpaired) electrons. The monoisotopic (exact) mass is 513 g/mol. The van der Waals surface area contributed by atoms with Crippen LogP contribution < -0.4 is 10.1 Å². The first-order valence-electron chi connectivity index (χ1n) is 13.8. The topological polar surface area (TPSA) is 92.3 Å². The summed E-state index contributed by atoms with van der Waals surface area (Å²) in [6.07, 6.45) is 7.94. The summed E-state index contributed by atoms with van der Waals surface area (Å²) < 4.78 is 17.8. The van der Waals surface area contributed by atoms with Gasteiger partial charge in [0.2, 0.25) is 11.6 Å². The number of esters is 1. The third-order valence-electron chi connectivity index (χ3n) is 9.04. The van der Waals surface area contributed by atoms with Gasteiger partial charge >= 0.3 is 12.1 Å². The largest absolute Gasteiger partial charge is 0.444 e. The Labute approximate surface area is 218 Å². The van der Waals surface area contributed by atoms with Gasteiger partial charge < -0.3 is 19.5 Å². The fraction of sp³-hybridized carbons (Fsp3) is 0.724. The van der Waals surface area contributed by atoms with Crippen LogP contribution in [0, 0.1) is 17.8 Å². The third kappa shape index (κ3) is 4.66. The van der Waals surface area contributed by atoms with Gasteiger partial charge in [-0.05, 0) is 95.2 Å². The van der Waals surface area contributed by atoms with Crippen molar-refractivity contribution in [2.45, 2.75) is 114 Å². The molecule has 0 aromatic heterocycles. The molecule has 1 amide bonds. The van der Waals surface area contributed by atoms with E-state index in [9.17, 15) is 9.59 Å². The van der Waals surface area contributed by atoms with Crippen molar-refractivity contribution in [1.82, 2.24) is 5.32 Å². The highest BCUT2D eigenvalue weighted by atomic mass is 17.3. The molecule has 1 aliphatic heterocycles. The zero-order valence-corrected chi connectivity index (χ0v) is 22.3. The summed E-state index contributed by atoms with van der Waals surface area (Å²) in [5, 5.41) is 3.26. The highest BCUT2D eigenvalue weighted by Crippen LogP contribution is 2.65. The number of hydrogen-bond donors (Lipinski definition) is 1. The van der Waals surface area contributed by atoms with E-state index < -0.39 is 17.2 Å². The van der Waals surface area contributed by atoms with E-state index >= 15 is 0 Å². The molecule has 6 aliphatic rings. The van der Waals surface area contributed by atoms with Gasteiger partial charge in [-0.2, -0.15) is 9.78 Å². The van der Waals surface area contributed by atoms with E-state index in [1.165, 1.54) is 12.5 Å². The van der Waals surface area contributed by atoms with Gasteiger partial charge in [0.15, 0.2) is 0 Å². The number of alkyl carbamates (subject to hydrolysis) is 1. The minimum atomic E-state index is -0.751. The van der Waals surface area contributed by atoms with Crippen molar-refractivity contribution in [1.29, 1.82) is 0 Å². The van der Waals surface area contributed by atoms with Crippen LogP contribution in [-0.4, -0.2) is 34.8 Å². The molecule has 5 saturated carbocycles. The van der Waals surface area contributed by atoms with E-state index in [0.29, 0.717) is 11.7 Å². The molecular formula is C29H39NO7. The lowest BCUT2D eigenvalue weighted by atomic mass is 9.50. The number of ether oxygens (including phenoxy) is 3. The summed E-state index contributed by atoms with van der Waals surface area (Å²) in [6, 6.07) is 7.76. The molecule has 2 unspecified atom stereocenters. The maximum absolute atomic E-state index is 12.7. The van der Waals surface area contributed by atoms with Crippen molar-refractivity contribution < 1.29 is 33.6 Å². The Morgan fingerprint density at radius 3 is 2.35 bits per heavy atom. The second kappa shape index (κ2) is 8.68. The van der Waals surface area contributed by atoms with E-state index in [-0.39, 0.29) is 35.4 Å². The highest BCUT2D eigenvalue weighted by Gasteiger charge is 2.70. The number of nitrogens with one attached hydrogen (secondary N) is 1. The quantitative estimate of drug-likeness (QED) is 0.313. The van der Waals surface area contributed by atoms with Crippen LogP contribution in [0.1, 0.15) is 97.0 Å². The molecule has 7 atom stereocenters. The molecule has 5 aliphatic carbocycles. The van der Waals surface area contributed by atoms with Gasteiger partial charge in [0.05, 0.1) is 0 Å². The van der Waals surface area contributed by atoms with Crippen LogP contribution >= 0.6 is 0 Å². The van der Waals surface area contributed by atoms with Gasteiger partial charge in [-0.1, -0.05) is 12.1 Å². The minimum Gasteiger partial charge on any atom is -0.444 e. The average Bonchev–Trinajstić information content (AvgIpc) is 3.15. The van der Waals surface area contributed by atoms with E-state index in [4.69, 9.17) is 24.0 Å². The van der Waals surface area contributed by atoms with E-state index in [1.807, 2.05) is 45.0 Å².